The van der Waals surface area contributed by atoms with Crippen molar-refractivity contribution in [3.8, 4) is 0 Å². The van der Waals surface area contributed by atoms with Gasteiger partial charge in [-0.1, -0.05) is 25.1 Å². The number of aryl methyl sites for hydroxylation is 1. The van der Waals surface area contributed by atoms with Crippen LogP contribution in [0.5, 0.6) is 0 Å². The van der Waals surface area contributed by atoms with Crippen LogP contribution in [0.3, 0.4) is 0 Å². The minimum absolute atomic E-state index is 0.0962. The molecular weight excluding hydrogens is 280 g/mol. The van der Waals surface area contributed by atoms with E-state index in [0.29, 0.717) is 17.6 Å². The third-order valence-electron chi connectivity index (χ3n) is 3.52. The van der Waals surface area contributed by atoms with Crippen LogP contribution in [0.15, 0.2) is 29.1 Å². The molecule has 0 radical (unpaired) electrons. The summed E-state index contributed by atoms with van der Waals surface area (Å²) in [4.78, 5) is 24.1. The van der Waals surface area contributed by atoms with E-state index in [1.807, 2.05) is 32.0 Å². The summed E-state index contributed by atoms with van der Waals surface area (Å²) in [6.45, 7) is 5.48. The fraction of sp³-hybridized carbons (Fsp3) is 0.438. The van der Waals surface area contributed by atoms with Gasteiger partial charge in [0.05, 0.1) is 17.5 Å². The van der Waals surface area contributed by atoms with Crippen LogP contribution in [0.4, 0.5) is 0 Å². The second-order valence-corrected chi connectivity index (χ2v) is 5.36. The minimum Gasteiger partial charge on any atom is -0.354 e. The smallest absolute Gasteiger partial charge is 0.274 e. The van der Waals surface area contributed by atoms with E-state index < -0.39 is 0 Å². The molecule has 0 saturated heterocycles. The van der Waals surface area contributed by atoms with E-state index in [1.54, 1.807) is 13.1 Å². The molecule has 0 fully saturated rings. The molecule has 0 aliphatic carbocycles. The molecule has 0 spiro atoms. The Morgan fingerprint density at radius 3 is 2.68 bits per heavy atom. The molecule has 22 heavy (non-hydrogen) atoms. The van der Waals surface area contributed by atoms with Crippen molar-refractivity contribution in [2.45, 2.75) is 26.3 Å². The number of nitrogens with zero attached hydrogens (tertiary/aromatic N) is 2. The van der Waals surface area contributed by atoms with Crippen molar-refractivity contribution in [2.75, 3.05) is 13.1 Å². The third kappa shape index (κ3) is 3.71. The molecule has 1 aromatic carbocycles. The van der Waals surface area contributed by atoms with E-state index in [4.69, 9.17) is 0 Å². The SMILES string of the molecule is CCN[C@H](C)CNC(=O)Cc1nn(C)c(=O)c2ccccc12. The topological polar surface area (TPSA) is 76.0 Å². The van der Waals surface area contributed by atoms with Crippen molar-refractivity contribution in [3.63, 3.8) is 0 Å². The Morgan fingerprint density at radius 1 is 1.32 bits per heavy atom. The zero-order valence-electron chi connectivity index (χ0n) is 13.2. The minimum atomic E-state index is -0.152. The van der Waals surface area contributed by atoms with Gasteiger partial charge in [-0.2, -0.15) is 5.10 Å². The summed E-state index contributed by atoms with van der Waals surface area (Å²) in [6, 6.07) is 7.46. The highest BCUT2D eigenvalue weighted by atomic mass is 16.1. The first-order chi connectivity index (χ1) is 10.5. The number of carbonyl (C=O) groups is 1. The van der Waals surface area contributed by atoms with E-state index in [-0.39, 0.29) is 23.9 Å². The van der Waals surface area contributed by atoms with Crippen molar-refractivity contribution < 1.29 is 4.79 Å². The van der Waals surface area contributed by atoms with Crippen LogP contribution in [0.1, 0.15) is 19.5 Å². The van der Waals surface area contributed by atoms with Crippen molar-refractivity contribution in [2.24, 2.45) is 7.05 Å². The van der Waals surface area contributed by atoms with E-state index in [1.165, 1.54) is 4.68 Å². The first-order valence-corrected chi connectivity index (χ1v) is 7.48. The van der Waals surface area contributed by atoms with Gasteiger partial charge in [-0.05, 0) is 19.5 Å². The molecule has 2 aromatic rings. The first-order valence-electron chi connectivity index (χ1n) is 7.48. The molecule has 2 N–H and O–H groups in total. The first kappa shape index (κ1) is 16.2. The van der Waals surface area contributed by atoms with E-state index in [0.717, 1.165) is 11.9 Å². The summed E-state index contributed by atoms with van der Waals surface area (Å²) in [5.74, 6) is -0.0962. The van der Waals surface area contributed by atoms with Gasteiger partial charge in [0.1, 0.15) is 0 Å². The fourth-order valence-electron chi connectivity index (χ4n) is 2.41. The lowest BCUT2D eigenvalue weighted by Crippen LogP contribution is -2.39. The number of nitrogens with one attached hydrogen (secondary N) is 2. The molecule has 0 bridgehead atoms. The molecule has 1 amide bonds. The average Bonchev–Trinajstić information content (AvgIpc) is 2.51. The molecule has 1 atom stereocenters. The number of rotatable bonds is 6. The van der Waals surface area contributed by atoms with Gasteiger partial charge in [-0.15, -0.1) is 0 Å². The molecule has 1 heterocycles. The molecule has 6 heteroatoms. The molecular formula is C16H22N4O2. The van der Waals surface area contributed by atoms with Gasteiger partial charge in [0.25, 0.3) is 5.56 Å². The predicted octanol–water partition coefficient (Wildman–Crippen LogP) is 0.590. The predicted molar refractivity (Wildman–Crippen MR) is 86.8 cm³/mol. The number of likely N-dealkylation sites (N-methyl/N-ethyl adjacent to an activating group) is 1. The highest BCUT2D eigenvalue weighted by Gasteiger charge is 2.12. The van der Waals surface area contributed by atoms with Crippen LogP contribution in [0.2, 0.25) is 0 Å². The average molecular weight is 302 g/mol. The monoisotopic (exact) mass is 302 g/mol. The Labute approximate surface area is 129 Å². The van der Waals surface area contributed by atoms with E-state index in [9.17, 15) is 9.59 Å². The van der Waals surface area contributed by atoms with Crippen LogP contribution in [0.25, 0.3) is 10.8 Å². The molecule has 118 valence electrons. The summed E-state index contributed by atoms with van der Waals surface area (Å²) < 4.78 is 1.28. The van der Waals surface area contributed by atoms with Gasteiger partial charge in [0, 0.05) is 25.0 Å². The molecule has 2 rings (SSSR count). The van der Waals surface area contributed by atoms with Crippen molar-refractivity contribution >= 4 is 16.7 Å². The summed E-state index contributed by atoms with van der Waals surface area (Å²) in [5, 5.41) is 11.7. The molecule has 0 aliphatic rings. The highest BCUT2D eigenvalue weighted by molar-refractivity contribution is 5.88. The number of aromatic nitrogens is 2. The zero-order chi connectivity index (χ0) is 16.1. The van der Waals surface area contributed by atoms with Crippen LogP contribution < -0.4 is 16.2 Å². The Morgan fingerprint density at radius 2 is 2.00 bits per heavy atom. The van der Waals surface area contributed by atoms with Gasteiger partial charge in [-0.3, -0.25) is 9.59 Å². The molecule has 0 aliphatic heterocycles. The van der Waals surface area contributed by atoms with Crippen LogP contribution in [-0.2, 0) is 18.3 Å². The number of carbonyl (C=O) groups excluding carboxylic acids is 1. The van der Waals surface area contributed by atoms with Gasteiger partial charge in [0.2, 0.25) is 5.91 Å². The highest BCUT2D eigenvalue weighted by Crippen LogP contribution is 2.13. The Hall–Kier alpha value is -2.21. The second-order valence-electron chi connectivity index (χ2n) is 5.36. The summed E-state index contributed by atoms with van der Waals surface area (Å²) in [5.41, 5.74) is 0.465. The van der Waals surface area contributed by atoms with Gasteiger partial charge in [-0.25, -0.2) is 4.68 Å². The normalized spacial score (nSPS) is 12.3. The van der Waals surface area contributed by atoms with Crippen LogP contribution >= 0.6 is 0 Å². The van der Waals surface area contributed by atoms with Gasteiger partial charge in [0.15, 0.2) is 0 Å². The van der Waals surface area contributed by atoms with Crippen molar-refractivity contribution in [1.29, 1.82) is 0 Å². The van der Waals surface area contributed by atoms with Crippen molar-refractivity contribution in [3.05, 3.63) is 40.3 Å². The number of amides is 1. The number of benzene rings is 1. The molecule has 0 unspecified atom stereocenters. The fourth-order valence-corrected chi connectivity index (χ4v) is 2.41. The van der Waals surface area contributed by atoms with Gasteiger partial charge < -0.3 is 10.6 Å². The standard InChI is InChI=1S/C16H22N4O2/c1-4-17-11(2)10-18-15(21)9-14-12-7-5-6-8-13(12)16(22)20(3)19-14/h5-8,11,17H,4,9-10H2,1-3H3,(H,18,21)/t11-/m1/s1. The Kier molecular flexibility index (Phi) is 5.27. The quantitative estimate of drug-likeness (QED) is 0.819. The number of hydrogen-bond acceptors (Lipinski definition) is 4. The van der Waals surface area contributed by atoms with Crippen molar-refractivity contribution in [1.82, 2.24) is 20.4 Å². The summed E-state index contributed by atoms with van der Waals surface area (Å²) >= 11 is 0. The van der Waals surface area contributed by atoms with E-state index >= 15 is 0 Å². The lowest BCUT2D eigenvalue weighted by atomic mass is 10.1. The summed E-state index contributed by atoms with van der Waals surface area (Å²) in [6.07, 6.45) is 0.160. The molecule has 1 aromatic heterocycles. The summed E-state index contributed by atoms with van der Waals surface area (Å²) in [7, 11) is 1.60. The lowest BCUT2D eigenvalue weighted by molar-refractivity contribution is -0.120. The third-order valence-corrected chi connectivity index (χ3v) is 3.52. The maximum atomic E-state index is 12.1. The molecule has 6 nitrogen and oxygen atoms in total. The number of hydrogen-bond donors (Lipinski definition) is 2. The maximum absolute atomic E-state index is 12.1. The number of fused-ring (bicyclic) bond motifs is 1. The second kappa shape index (κ2) is 7.17. The van der Waals surface area contributed by atoms with Crippen LogP contribution in [-0.4, -0.2) is 34.8 Å². The zero-order valence-corrected chi connectivity index (χ0v) is 13.2. The van der Waals surface area contributed by atoms with E-state index in [2.05, 4.69) is 15.7 Å². The Balaban J connectivity index is 2.16. The lowest BCUT2D eigenvalue weighted by Gasteiger charge is -2.13. The Bertz CT molecular complexity index is 724. The molecule has 0 saturated carbocycles. The van der Waals surface area contributed by atoms with Crippen LogP contribution in [0, 0.1) is 0 Å². The largest absolute Gasteiger partial charge is 0.354 e. The van der Waals surface area contributed by atoms with Gasteiger partial charge >= 0.3 is 0 Å². The maximum Gasteiger partial charge on any atom is 0.274 e.